The summed E-state index contributed by atoms with van der Waals surface area (Å²) < 4.78 is 33.5. The van der Waals surface area contributed by atoms with Gasteiger partial charge in [0, 0.05) is 24.1 Å². The van der Waals surface area contributed by atoms with Gasteiger partial charge in [0.1, 0.15) is 5.75 Å². The fourth-order valence-electron chi connectivity index (χ4n) is 3.70. The summed E-state index contributed by atoms with van der Waals surface area (Å²) in [6.07, 6.45) is 2.01. The van der Waals surface area contributed by atoms with Crippen LogP contribution in [0.2, 0.25) is 0 Å². The fraction of sp³-hybridized carbons (Fsp3) is 0.409. The van der Waals surface area contributed by atoms with Crippen molar-refractivity contribution in [1.82, 2.24) is 9.62 Å². The molecule has 1 heterocycles. The maximum absolute atomic E-state index is 12.9. The first-order chi connectivity index (χ1) is 14.3. The second-order valence-electron chi connectivity index (χ2n) is 7.51. The molecule has 1 amide bonds. The Balaban J connectivity index is 1.59. The lowest BCUT2D eigenvalue weighted by atomic mass is 9.98. The third-order valence-corrected chi connectivity index (χ3v) is 7.74. The lowest BCUT2D eigenvalue weighted by molar-refractivity contribution is -0.126. The number of hydrogen-bond donors (Lipinski definition) is 1. The number of methoxy groups -OCH3 is 1. The van der Waals surface area contributed by atoms with Crippen molar-refractivity contribution in [3.05, 3.63) is 58.1 Å². The van der Waals surface area contributed by atoms with Crippen molar-refractivity contribution in [3.63, 3.8) is 0 Å². The first kappa shape index (κ1) is 22.8. The Morgan fingerprint density at radius 1 is 1.23 bits per heavy atom. The Morgan fingerprint density at radius 3 is 2.67 bits per heavy atom. The number of piperidine rings is 1. The zero-order chi connectivity index (χ0) is 21.7. The molecule has 1 atom stereocenters. The highest BCUT2D eigenvalue weighted by atomic mass is 79.9. The van der Waals surface area contributed by atoms with E-state index in [0.29, 0.717) is 32.4 Å². The molecule has 8 heteroatoms. The van der Waals surface area contributed by atoms with E-state index in [1.165, 1.54) is 4.31 Å². The van der Waals surface area contributed by atoms with Gasteiger partial charge in [0.05, 0.1) is 17.9 Å². The van der Waals surface area contributed by atoms with Crippen LogP contribution in [0.5, 0.6) is 5.75 Å². The predicted molar refractivity (Wildman–Crippen MR) is 120 cm³/mol. The highest BCUT2D eigenvalue weighted by molar-refractivity contribution is 9.10. The maximum Gasteiger partial charge on any atom is 0.243 e. The molecule has 6 nitrogen and oxygen atoms in total. The van der Waals surface area contributed by atoms with Crippen LogP contribution in [0, 0.1) is 12.8 Å². The molecule has 0 bridgehead atoms. The normalized spacial score (nSPS) is 17.5. The molecular weight excluding hydrogens is 468 g/mol. The second-order valence-corrected chi connectivity index (χ2v) is 10.4. The highest BCUT2D eigenvalue weighted by Crippen LogP contribution is 2.25. The third-order valence-electron chi connectivity index (χ3n) is 5.34. The molecule has 0 aliphatic carbocycles. The zero-order valence-corrected chi connectivity index (χ0v) is 19.6. The molecule has 2 aromatic carbocycles. The predicted octanol–water partition coefficient (Wildman–Crippen LogP) is 3.53. The molecule has 1 aliphatic rings. The molecule has 0 aromatic heterocycles. The second kappa shape index (κ2) is 9.94. The monoisotopic (exact) mass is 494 g/mol. The summed E-state index contributed by atoms with van der Waals surface area (Å²) in [5.74, 6) is 0.361. The number of sulfonamides is 1. The number of nitrogens with zero attached hydrogens (tertiary/aromatic N) is 1. The number of benzene rings is 2. The van der Waals surface area contributed by atoms with Crippen molar-refractivity contribution in [1.29, 1.82) is 0 Å². The van der Waals surface area contributed by atoms with Gasteiger partial charge in [0.2, 0.25) is 15.9 Å². The van der Waals surface area contributed by atoms with Crippen LogP contribution < -0.4 is 10.1 Å². The number of rotatable bonds is 7. The first-order valence-electron chi connectivity index (χ1n) is 9.98. The summed E-state index contributed by atoms with van der Waals surface area (Å²) in [7, 11) is -1.97. The average Bonchev–Trinajstić information content (AvgIpc) is 2.74. The van der Waals surface area contributed by atoms with Crippen LogP contribution >= 0.6 is 15.9 Å². The average molecular weight is 495 g/mol. The number of aryl methyl sites for hydroxylation is 1. The minimum Gasteiger partial charge on any atom is -0.496 e. The van der Waals surface area contributed by atoms with Crippen molar-refractivity contribution in [3.8, 4) is 5.75 Å². The van der Waals surface area contributed by atoms with Crippen LogP contribution in [0.3, 0.4) is 0 Å². The number of carbonyl (C=O) groups excluding carboxylic acids is 1. The van der Waals surface area contributed by atoms with E-state index in [1.807, 2.05) is 19.1 Å². The zero-order valence-electron chi connectivity index (χ0n) is 17.2. The lowest BCUT2D eigenvalue weighted by Gasteiger charge is -2.31. The molecule has 3 rings (SSSR count). The molecule has 0 saturated carbocycles. The van der Waals surface area contributed by atoms with Gasteiger partial charge in [0.15, 0.2) is 0 Å². The van der Waals surface area contributed by atoms with E-state index in [2.05, 4.69) is 27.3 Å². The maximum atomic E-state index is 12.9. The molecule has 1 saturated heterocycles. The van der Waals surface area contributed by atoms with Crippen molar-refractivity contribution in [2.24, 2.45) is 5.92 Å². The van der Waals surface area contributed by atoms with E-state index in [-0.39, 0.29) is 23.3 Å². The van der Waals surface area contributed by atoms with Crippen LogP contribution in [-0.4, -0.2) is 45.4 Å². The van der Waals surface area contributed by atoms with Crippen LogP contribution in [0.25, 0.3) is 0 Å². The van der Waals surface area contributed by atoms with Crippen LogP contribution in [-0.2, 0) is 21.2 Å². The molecule has 162 valence electrons. The summed E-state index contributed by atoms with van der Waals surface area (Å²) >= 11 is 3.32. The van der Waals surface area contributed by atoms with Crippen molar-refractivity contribution in [2.75, 3.05) is 26.7 Å². The minimum atomic E-state index is -3.61. The summed E-state index contributed by atoms with van der Waals surface area (Å²) in [6, 6.07) is 12.6. The Morgan fingerprint density at radius 2 is 1.97 bits per heavy atom. The molecule has 1 fully saturated rings. The SMILES string of the molecule is COc1ccc(C)cc1CCNC(=O)C1CCCN(S(=O)(=O)c2ccc(Br)cc2)C1. The quantitative estimate of drug-likeness (QED) is 0.638. The van der Waals surface area contributed by atoms with E-state index in [0.717, 1.165) is 21.3 Å². The van der Waals surface area contributed by atoms with Crippen LogP contribution in [0.4, 0.5) is 0 Å². The first-order valence-corrected chi connectivity index (χ1v) is 12.2. The van der Waals surface area contributed by atoms with E-state index in [4.69, 9.17) is 4.74 Å². The van der Waals surface area contributed by atoms with Gasteiger partial charge in [-0.25, -0.2) is 8.42 Å². The fourth-order valence-corrected chi connectivity index (χ4v) is 5.49. The molecule has 2 aromatic rings. The van der Waals surface area contributed by atoms with Crippen LogP contribution in [0.15, 0.2) is 51.8 Å². The summed E-state index contributed by atoms with van der Waals surface area (Å²) in [6.45, 7) is 3.14. The Hall–Kier alpha value is -1.90. The van der Waals surface area contributed by atoms with E-state index in [9.17, 15) is 13.2 Å². The molecular formula is C22H27BrN2O4S. The Kier molecular flexibility index (Phi) is 7.55. The summed E-state index contributed by atoms with van der Waals surface area (Å²) in [5.41, 5.74) is 2.18. The molecule has 1 aliphatic heterocycles. The van der Waals surface area contributed by atoms with Gasteiger partial charge in [-0.3, -0.25) is 4.79 Å². The molecule has 0 radical (unpaired) electrons. The molecule has 1 N–H and O–H groups in total. The summed E-state index contributed by atoms with van der Waals surface area (Å²) in [5, 5.41) is 2.97. The molecule has 1 unspecified atom stereocenters. The highest BCUT2D eigenvalue weighted by Gasteiger charge is 2.33. The van der Waals surface area contributed by atoms with Crippen LogP contribution in [0.1, 0.15) is 24.0 Å². The van der Waals surface area contributed by atoms with Crippen molar-refractivity contribution < 1.29 is 17.9 Å². The van der Waals surface area contributed by atoms with Gasteiger partial charge in [-0.1, -0.05) is 33.6 Å². The van der Waals surface area contributed by atoms with E-state index < -0.39 is 10.0 Å². The van der Waals surface area contributed by atoms with Crippen molar-refractivity contribution in [2.45, 2.75) is 31.1 Å². The van der Waals surface area contributed by atoms with Gasteiger partial charge in [-0.15, -0.1) is 0 Å². The van der Waals surface area contributed by atoms with Gasteiger partial charge in [-0.05, 0) is 62.1 Å². The molecule has 30 heavy (non-hydrogen) atoms. The summed E-state index contributed by atoms with van der Waals surface area (Å²) in [4.78, 5) is 12.9. The van der Waals surface area contributed by atoms with Crippen molar-refractivity contribution >= 4 is 31.9 Å². The number of ether oxygens (including phenoxy) is 1. The van der Waals surface area contributed by atoms with Gasteiger partial charge >= 0.3 is 0 Å². The van der Waals surface area contributed by atoms with E-state index in [1.54, 1.807) is 31.4 Å². The smallest absolute Gasteiger partial charge is 0.243 e. The number of halogens is 1. The van der Waals surface area contributed by atoms with Gasteiger partial charge in [0.25, 0.3) is 0 Å². The number of nitrogens with one attached hydrogen (secondary N) is 1. The Labute approximate surface area is 186 Å². The largest absolute Gasteiger partial charge is 0.496 e. The van der Waals surface area contributed by atoms with E-state index >= 15 is 0 Å². The number of amides is 1. The standard InChI is InChI=1S/C22H27BrN2O4S/c1-16-5-10-21(29-2)17(14-16)11-12-24-22(26)18-4-3-13-25(15-18)30(27,28)20-8-6-19(23)7-9-20/h5-10,14,18H,3-4,11-13,15H2,1-2H3,(H,24,26). The number of carbonyl (C=O) groups is 1. The van der Waals surface area contributed by atoms with Gasteiger partial charge < -0.3 is 10.1 Å². The molecule has 0 spiro atoms. The third kappa shape index (κ3) is 5.42. The van der Waals surface area contributed by atoms with Gasteiger partial charge in [-0.2, -0.15) is 4.31 Å². The Bertz CT molecular complexity index is 993. The minimum absolute atomic E-state index is 0.0997. The lowest BCUT2D eigenvalue weighted by Crippen LogP contribution is -2.45. The number of hydrogen-bond acceptors (Lipinski definition) is 4. The topological polar surface area (TPSA) is 75.7 Å².